The van der Waals surface area contributed by atoms with Crippen LogP contribution < -0.4 is 4.72 Å². The van der Waals surface area contributed by atoms with Crippen molar-refractivity contribution in [3.8, 4) is 11.4 Å². The predicted molar refractivity (Wildman–Crippen MR) is 81.2 cm³/mol. The van der Waals surface area contributed by atoms with Gasteiger partial charge in [-0.05, 0) is 36.4 Å². The standard InChI is InChI=1S/C14H13N3O3S/c1-21(19,20)16-10-2-4-11(5-3-10)17-9-15-13-8-12(18)6-7-14(13)17/h2-9,16,18H,1H3. The van der Waals surface area contributed by atoms with E-state index in [-0.39, 0.29) is 5.75 Å². The Morgan fingerprint density at radius 1 is 1.14 bits per heavy atom. The molecule has 0 radical (unpaired) electrons. The molecule has 1 aromatic heterocycles. The van der Waals surface area contributed by atoms with Crippen LogP contribution in [0.15, 0.2) is 48.8 Å². The Bertz CT molecular complexity index is 899. The molecule has 0 atom stereocenters. The molecule has 0 aliphatic heterocycles. The molecule has 6 nitrogen and oxygen atoms in total. The number of phenolic OH excluding ortho intramolecular Hbond substituents is 1. The van der Waals surface area contributed by atoms with Crippen LogP contribution in [0.25, 0.3) is 16.7 Å². The number of aromatic nitrogens is 2. The van der Waals surface area contributed by atoms with Crippen LogP contribution in [0.1, 0.15) is 0 Å². The van der Waals surface area contributed by atoms with Gasteiger partial charge in [0, 0.05) is 17.4 Å². The molecule has 0 amide bonds. The first-order valence-corrected chi connectivity index (χ1v) is 8.06. The molecule has 0 saturated heterocycles. The Labute approximate surface area is 121 Å². The topological polar surface area (TPSA) is 84.2 Å². The number of nitrogens with zero attached hydrogens (tertiary/aromatic N) is 2. The summed E-state index contributed by atoms with van der Waals surface area (Å²) >= 11 is 0. The van der Waals surface area contributed by atoms with Gasteiger partial charge in [0.1, 0.15) is 12.1 Å². The number of imidazole rings is 1. The molecular weight excluding hydrogens is 290 g/mol. The van der Waals surface area contributed by atoms with Gasteiger partial charge in [-0.2, -0.15) is 0 Å². The van der Waals surface area contributed by atoms with Crippen molar-refractivity contribution in [3.05, 3.63) is 48.8 Å². The highest BCUT2D eigenvalue weighted by Gasteiger charge is 2.06. The van der Waals surface area contributed by atoms with Crippen LogP contribution in [-0.4, -0.2) is 29.3 Å². The minimum atomic E-state index is -3.28. The molecule has 21 heavy (non-hydrogen) atoms. The van der Waals surface area contributed by atoms with Gasteiger partial charge in [-0.25, -0.2) is 13.4 Å². The Kier molecular flexibility index (Phi) is 3.06. The summed E-state index contributed by atoms with van der Waals surface area (Å²) in [6.45, 7) is 0. The molecule has 3 aromatic rings. The SMILES string of the molecule is CS(=O)(=O)Nc1ccc(-n2cnc3cc(O)ccc32)cc1. The van der Waals surface area contributed by atoms with E-state index < -0.39 is 10.0 Å². The average molecular weight is 303 g/mol. The van der Waals surface area contributed by atoms with Crippen LogP contribution in [0, 0.1) is 0 Å². The number of phenols is 1. The Morgan fingerprint density at radius 2 is 1.86 bits per heavy atom. The van der Waals surface area contributed by atoms with E-state index in [1.165, 1.54) is 0 Å². The lowest BCUT2D eigenvalue weighted by Crippen LogP contribution is -2.09. The molecule has 108 valence electrons. The van der Waals surface area contributed by atoms with Crippen molar-refractivity contribution in [2.24, 2.45) is 0 Å². The second-order valence-corrected chi connectivity index (χ2v) is 6.46. The summed E-state index contributed by atoms with van der Waals surface area (Å²) in [6.07, 6.45) is 2.76. The number of fused-ring (bicyclic) bond motifs is 1. The number of nitrogens with one attached hydrogen (secondary N) is 1. The van der Waals surface area contributed by atoms with Crippen molar-refractivity contribution in [2.75, 3.05) is 11.0 Å². The first kappa shape index (κ1) is 13.4. The summed E-state index contributed by atoms with van der Waals surface area (Å²) in [5.74, 6) is 0.167. The Morgan fingerprint density at radius 3 is 2.52 bits per heavy atom. The summed E-state index contributed by atoms with van der Waals surface area (Å²) in [4.78, 5) is 4.23. The fraction of sp³-hybridized carbons (Fsp3) is 0.0714. The van der Waals surface area contributed by atoms with Crippen LogP contribution in [0.3, 0.4) is 0 Å². The quantitative estimate of drug-likeness (QED) is 0.776. The maximum Gasteiger partial charge on any atom is 0.229 e. The van der Waals surface area contributed by atoms with Gasteiger partial charge in [0.25, 0.3) is 0 Å². The van der Waals surface area contributed by atoms with E-state index in [1.54, 1.807) is 48.8 Å². The third kappa shape index (κ3) is 2.82. The normalized spacial score (nSPS) is 11.7. The van der Waals surface area contributed by atoms with Crippen molar-refractivity contribution in [1.29, 1.82) is 0 Å². The van der Waals surface area contributed by atoms with Gasteiger partial charge in [0.2, 0.25) is 10.0 Å². The Hall–Kier alpha value is -2.54. The number of hydrogen-bond donors (Lipinski definition) is 2. The van der Waals surface area contributed by atoms with Crippen LogP contribution in [0.2, 0.25) is 0 Å². The Balaban J connectivity index is 1.99. The number of rotatable bonds is 3. The van der Waals surface area contributed by atoms with Crippen LogP contribution in [-0.2, 0) is 10.0 Å². The molecule has 0 aliphatic rings. The zero-order valence-electron chi connectivity index (χ0n) is 11.2. The lowest BCUT2D eigenvalue weighted by atomic mass is 10.2. The second-order valence-electron chi connectivity index (χ2n) is 4.71. The van der Waals surface area contributed by atoms with E-state index >= 15 is 0 Å². The van der Waals surface area contributed by atoms with Crippen molar-refractivity contribution in [1.82, 2.24) is 9.55 Å². The molecule has 7 heteroatoms. The maximum absolute atomic E-state index is 11.2. The molecule has 0 spiro atoms. The fourth-order valence-electron chi connectivity index (χ4n) is 2.11. The number of anilines is 1. The van der Waals surface area contributed by atoms with E-state index in [1.807, 2.05) is 4.57 Å². The molecule has 1 heterocycles. The lowest BCUT2D eigenvalue weighted by Gasteiger charge is -2.07. The molecule has 0 aliphatic carbocycles. The first-order valence-electron chi connectivity index (χ1n) is 6.17. The molecule has 2 N–H and O–H groups in total. The van der Waals surface area contributed by atoms with Crippen LogP contribution in [0.5, 0.6) is 5.75 Å². The summed E-state index contributed by atoms with van der Waals surface area (Å²) in [5, 5.41) is 9.44. The van der Waals surface area contributed by atoms with Gasteiger partial charge in [-0.15, -0.1) is 0 Å². The molecule has 0 fully saturated rings. The average Bonchev–Trinajstić information content (AvgIpc) is 2.80. The highest BCUT2D eigenvalue weighted by atomic mass is 32.2. The van der Waals surface area contributed by atoms with Crippen molar-refractivity contribution in [3.63, 3.8) is 0 Å². The van der Waals surface area contributed by atoms with Crippen molar-refractivity contribution >= 4 is 26.7 Å². The third-order valence-corrected chi connectivity index (χ3v) is 3.59. The molecule has 0 bridgehead atoms. The largest absolute Gasteiger partial charge is 0.508 e. The van der Waals surface area contributed by atoms with Gasteiger partial charge >= 0.3 is 0 Å². The van der Waals surface area contributed by atoms with E-state index in [0.717, 1.165) is 17.5 Å². The zero-order valence-corrected chi connectivity index (χ0v) is 12.0. The van der Waals surface area contributed by atoms with Gasteiger partial charge in [-0.3, -0.25) is 9.29 Å². The van der Waals surface area contributed by atoms with E-state index in [9.17, 15) is 13.5 Å². The molecule has 0 saturated carbocycles. The van der Waals surface area contributed by atoms with Crippen LogP contribution >= 0.6 is 0 Å². The van der Waals surface area contributed by atoms with E-state index in [2.05, 4.69) is 9.71 Å². The van der Waals surface area contributed by atoms with E-state index in [0.29, 0.717) is 11.2 Å². The fourth-order valence-corrected chi connectivity index (χ4v) is 2.68. The first-order chi connectivity index (χ1) is 9.92. The summed E-state index contributed by atoms with van der Waals surface area (Å²) in [7, 11) is -3.28. The maximum atomic E-state index is 11.2. The van der Waals surface area contributed by atoms with Gasteiger partial charge in [-0.1, -0.05) is 0 Å². The summed E-state index contributed by atoms with van der Waals surface area (Å²) in [6, 6.07) is 11.9. The smallest absolute Gasteiger partial charge is 0.229 e. The molecule has 2 aromatic carbocycles. The van der Waals surface area contributed by atoms with Crippen LogP contribution in [0.4, 0.5) is 5.69 Å². The lowest BCUT2D eigenvalue weighted by molar-refractivity contribution is 0.476. The summed E-state index contributed by atoms with van der Waals surface area (Å²) in [5.41, 5.74) is 2.90. The minimum absolute atomic E-state index is 0.167. The molecule has 0 unspecified atom stereocenters. The third-order valence-electron chi connectivity index (χ3n) is 2.98. The second kappa shape index (κ2) is 4.78. The summed E-state index contributed by atoms with van der Waals surface area (Å²) < 4.78 is 26.6. The predicted octanol–water partition coefficient (Wildman–Crippen LogP) is 2.10. The van der Waals surface area contributed by atoms with Gasteiger partial charge in [0.05, 0.1) is 17.3 Å². The number of hydrogen-bond acceptors (Lipinski definition) is 4. The van der Waals surface area contributed by atoms with Crippen molar-refractivity contribution < 1.29 is 13.5 Å². The highest BCUT2D eigenvalue weighted by Crippen LogP contribution is 2.22. The molecule has 3 rings (SSSR count). The van der Waals surface area contributed by atoms with Gasteiger partial charge in [0.15, 0.2) is 0 Å². The van der Waals surface area contributed by atoms with Gasteiger partial charge < -0.3 is 5.11 Å². The van der Waals surface area contributed by atoms with E-state index in [4.69, 9.17) is 0 Å². The molecular formula is C14H13N3O3S. The van der Waals surface area contributed by atoms with Crippen molar-refractivity contribution in [2.45, 2.75) is 0 Å². The highest BCUT2D eigenvalue weighted by molar-refractivity contribution is 7.92. The number of aromatic hydroxyl groups is 1. The zero-order chi connectivity index (χ0) is 15.0. The monoisotopic (exact) mass is 303 g/mol. The minimum Gasteiger partial charge on any atom is -0.508 e. The number of sulfonamides is 1. The number of benzene rings is 2.